The van der Waals surface area contributed by atoms with Gasteiger partial charge >= 0.3 is 5.97 Å². The number of nitriles is 1. The largest absolute Gasteiger partial charge is 0.478 e. The van der Waals surface area contributed by atoms with Gasteiger partial charge in [-0.2, -0.15) is 5.26 Å². The van der Waals surface area contributed by atoms with Crippen LogP contribution in [0.2, 0.25) is 0 Å². The van der Waals surface area contributed by atoms with E-state index in [2.05, 4.69) is 22.0 Å². The van der Waals surface area contributed by atoms with Crippen LogP contribution in [0.4, 0.5) is 0 Å². The SMILES string of the molecule is Cc1ccc(-c2ccc(C=C(C#N)c3ccc(Br)cc3)o2)cc1C(=O)O. The van der Waals surface area contributed by atoms with E-state index in [9.17, 15) is 15.2 Å². The number of rotatable bonds is 4. The Bertz CT molecular complexity index is 1040. The number of carboxylic acids is 1. The first-order valence-corrected chi connectivity index (χ1v) is 8.59. The van der Waals surface area contributed by atoms with E-state index in [0.29, 0.717) is 28.2 Å². The smallest absolute Gasteiger partial charge is 0.335 e. The molecule has 0 saturated carbocycles. The van der Waals surface area contributed by atoms with Gasteiger partial charge in [-0.1, -0.05) is 40.2 Å². The predicted octanol–water partition coefficient (Wildman–Crippen LogP) is 5.78. The van der Waals surface area contributed by atoms with Gasteiger partial charge < -0.3 is 9.52 Å². The average Bonchev–Trinajstić information content (AvgIpc) is 3.09. The van der Waals surface area contributed by atoms with E-state index in [1.807, 2.05) is 30.3 Å². The Morgan fingerprint density at radius 2 is 1.88 bits per heavy atom. The number of carbonyl (C=O) groups is 1. The maximum absolute atomic E-state index is 11.3. The van der Waals surface area contributed by atoms with Crippen molar-refractivity contribution in [3.05, 3.63) is 81.5 Å². The maximum Gasteiger partial charge on any atom is 0.335 e. The summed E-state index contributed by atoms with van der Waals surface area (Å²) in [6.45, 7) is 1.75. The van der Waals surface area contributed by atoms with Crippen LogP contribution in [-0.2, 0) is 0 Å². The van der Waals surface area contributed by atoms with E-state index in [-0.39, 0.29) is 5.56 Å². The molecule has 0 bridgehead atoms. The maximum atomic E-state index is 11.3. The van der Waals surface area contributed by atoms with E-state index < -0.39 is 5.97 Å². The van der Waals surface area contributed by atoms with Gasteiger partial charge in [0.1, 0.15) is 11.5 Å². The highest BCUT2D eigenvalue weighted by Crippen LogP contribution is 2.27. The Hall–Kier alpha value is -3.10. The zero-order chi connectivity index (χ0) is 18.7. The minimum atomic E-state index is -0.974. The first kappa shape index (κ1) is 17.7. The zero-order valence-electron chi connectivity index (χ0n) is 13.9. The van der Waals surface area contributed by atoms with Gasteiger partial charge in [-0.3, -0.25) is 0 Å². The van der Waals surface area contributed by atoms with Gasteiger partial charge in [0.15, 0.2) is 0 Å². The van der Waals surface area contributed by atoms with Gasteiger partial charge in [0.2, 0.25) is 0 Å². The molecule has 0 aliphatic heterocycles. The monoisotopic (exact) mass is 407 g/mol. The summed E-state index contributed by atoms with van der Waals surface area (Å²) in [6.07, 6.45) is 1.67. The Balaban J connectivity index is 1.95. The molecule has 0 aliphatic rings. The number of halogens is 1. The summed E-state index contributed by atoms with van der Waals surface area (Å²) in [5.74, 6) is 0.0989. The molecular formula is C21H14BrNO3. The highest BCUT2D eigenvalue weighted by atomic mass is 79.9. The lowest BCUT2D eigenvalue weighted by atomic mass is 10.0. The van der Waals surface area contributed by atoms with E-state index in [1.165, 1.54) is 0 Å². The molecule has 1 aromatic heterocycles. The van der Waals surface area contributed by atoms with Crippen LogP contribution in [0.5, 0.6) is 0 Å². The van der Waals surface area contributed by atoms with Gasteiger partial charge in [0.25, 0.3) is 0 Å². The van der Waals surface area contributed by atoms with Gasteiger partial charge in [-0.25, -0.2) is 4.79 Å². The number of aryl methyl sites for hydroxylation is 1. The van der Waals surface area contributed by atoms with Crippen LogP contribution in [0, 0.1) is 18.3 Å². The molecule has 0 saturated heterocycles. The van der Waals surface area contributed by atoms with Crippen molar-refractivity contribution >= 4 is 33.5 Å². The zero-order valence-corrected chi connectivity index (χ0v) is 15.4. The Kier molecular flexibility index (Phi) is 5.06. The van der Waals surface area contributed by atoms with Crippen LogP contribution in [0.25, 0.3) is 23.0 Å². The van der Waals surface area contributed by atoms with Crippen molar-refractivity contribution in [2.24, 2.45) is 0 Å². The van der Waals surface area contributed by atoms with Crippen molar-refractivity contribution < 1.29 is 14.3 Å². The van der Waals surface area contributed by atoms with Crippen LogP contribution in [0.15, 0.2) is 63.5 Å². The standard InChI is InChI=1S/C21H14BrNO3/c1-13-2-3-15(11-19(13)21(24)25)20-9-8-18(26-20)10-16(12-23)14-4-6-17(22)7-5-14/h2-11H,1H3,(H,24,25). The van der Waals surface area contributed by atoms with Gasteiger partial charge in [-0.05, 0) is 54.5 Å². The molecular weight excluding hydrogens is 394 g/mol. The predicted molar refractivity (Wildman–Crippen MR) is 103 cm³/mol. The lowest BCUT2D eigenvalue weighted by Crippen LogP contribution is -1.99. The van der Waals surface area contributed by atoms with Gasteiger partial charge in [0, 0.05) is 10.0 Å². The van der Waals surface area contributed by atoms with Crippen LogP contribution in [0.3, 0.4) is 0 Å². The van der Waals surface area contributed by atoms with Crippen molar-refractivity contribution in [1.29, 1.82) is 5.26 Å². The van der Waals surface area contributed by atoms with Gasteiger partial charge in [-0.15, -0.1) is 0 Å². The molecule has 26 heavy (non-hydrogen) atoms. The number of hydrogen-bond donors (Lipinski definition) is 1. The molecule has 0 radical (unpaired) electrons. The third kappa shape index (κ3) is 3.76. The summed E-state index contributed by atoms with van der Waals surface area (Å²) in [5, 5.41) is 18.7. The minimum absolute atomic E-state index is 0.239. The molecule has 0 aliphatic carbocycles. The number of aromatic carboxylic acids is 1. The fraction of sp³-hybridized carbons (Fsp3) is 0.0476. The molecule has 0 unspecified atom stereocenters. The third-order valence-electron chi connectivity index (χ3n) is 3.94. The van der Waals surface area contributed by atoms with Crippen LogP contribution < -0.4 is 0 Å². The molecule has 0 amide bonds. The third-order valence-corrected chi connectivity index (χ3v) is 4.47. The molecule has 1 N–H and O–H groups in total. The van der Waals surface area contributed by atoms with Crippen LogP contribution >= 0.6 is 15.9 Å². The first-order chi connectivity index (χ1) is 12.5. The molecule has 3 aromatic rings. The Labute approximate surface area is 159 Å². The summed E-state index contributed by atoms with van der Waals surface area (Å²) < 4.78 is 6.73. The first-order valence-electron chi connectivity index (χ1n) is 7.80. The second-order valence-corrected chi connectivity index (χ2v) is 6.63. The molecule has 0 atom stereocenters. The quantitative estimate of drug-likeness (QED) is 0.556. The lowest BCUT2D eigenvalue weighted by molar-refractivity contribution is 0.0696. The molecule has 0 fully saturated rings. The molecule has 0 spiro atoms. The topological polar surface area (TPSA) is 74.2 Å². The molecule has 5 heteroatoms. The summed E-state index contributed by atoms with van der Waals surface area (Å²) in [5.41, 5.74) is 2.87. The van der Waals surface area contributed by atoms with Crippen LogP contribution in [0.1, 0.15) is 27.2 Å². The molecule has 128 valence electrons. The van der Waals surface area contributed by atoms with E-state index in [4.69, 9.17) is 4.42 Å². The second-order valence-electron chi connectivity index (χ2n) is 5.71. The number of allylic oxidation sites excluding steroid dienone is 1. The minimum Gasteiger partial charge on any atom is -0.478 e. The summed E-state index contributed by atoms with van der Waals surface area (Å²) in [4.78, 5) is 11.3. The van der Waals surface area contributed by atoms with Crippen molar-refractivity contribution in [2.75, 3.05) is 0 Å². The number of furan rings is 1. The van der Waals surface area contributed by atoms with Crippen LogP contribution in [-0.4, -0.2) is 11.1 Å². The number of carboxylic acid groups (broad SMARTS) is 1. The Morgan fingerprint density at radius 1 is 1.15 bits per heavy atom. The van der Waals surface area contributed by atoms with E-state index in [1.54, 1.807) is 37.3 Å². The van der Waals surface area contributed by atoms with Crippen molar-refractivity contribution in [3.63, 3.8) is 0 Å². The van der Waals surface area contributed by atoms with Crippen molar-refractivity contribution in [1.82, 2.24) is 0 Å². The van der Waals surface area contributed by atoms with Gasteiger partial charge in [0.05, 0.1) is 17.2 Å². The van der Waals surface area contributed by atoms with Crippen molar-refractivity contribution in [2.45, 2.75) is 6.92 Å². The van der Waals surface area contributed by atoms with E-state index in [0.717, 1.165) is 10.0 Å². The summed E-state index contributed by atoms with van der Waals surface area (Å²) >= 11 is 3.37. The molecule has 2 aromatic carbocycles. The second kappa shape index (κ2) is 7.42. The van der Waals surface area contributed by atoms with Crippen molar-refractivity contribution in [3.8, 4) is 17.4 Å². The highest BCUT2D eigenvalue weighted by molar-refractivity contribution is 9.10. The number of hydrogen-bond acceptors (Lipinski definition) is 3. The Morgan fingerprint density at radius 3 is 2.54 bits per heavy atom. The summed E-state index contributed by atoms with van der Waals surface area (Å²) in [6, 6.07) is 18.3. The molecule has 1 heterocycles. The average molecular weight is 408 g/mol. The highest BCUT2D eigenvalue weighted by Gasteiger charge is 2.11. The molecule has 4 nitrogen and oxygen atoms in total. The lowest BCUT2D eigenvalue weighted by Gasteiger charge is -2.03. The molecule has 3 rings (SSSR count). The number of nitrogens with zero attached hydrogens (tertiary/aromatic N) is 1. The summed E-state index contributed by atoms with van der Waals surface area (Å²) in [7, 11) is 0. The normalized spacial score (nSPS) is 11.2. The fourth-order valence-corrected chi connectivity index (χ4v) is 2.81. The number of benzene rings is 2. The van der Waals surface area contributed by atoms with E-state index >= 15 is 0 Å². The fourth-order valence-electron chi connectivity index (χ4n) is 2.54.